The fraction of sp³-hybridized carbons (Fsp3) is 0.435. The third-order valence-electron chi connectivity index (χ3n) is 10.6. The number of nitrogens with one attached hydrogen (secondary N) is 3. The van der Waals surface area contributed by atoms with Gasteiger partial charge in [0.05, 0.1) is 30.1 Å². The Morgan fingerprint density at radius 1 is 0.763 bits per heavy atom. The van der Waals surface area contributed by atoms with Gasteiger partial charge in [-0.05, 0) is 72.4 Å². The molecule has 59 heavy (non-hydrogen) atoms. The molecule has 2 aromatic heterocycles. The van der Waals surface area contributed by atoms with E-state index in [9.17, 15) is 29.4 Å². The minimum absolute atomic E-state index is 0.0234. The van der Waals surface area contributed by atoms with Gasteiger partial charge in [-0.2, -0.15) is 0 Å². The van der Waals surface area contributed by atoms with Crippen molar-refractivity contribution in [3.63, 3.8) is 0 Å². The van der Waals surface area contributed by atoms with Crippen LogP contribution in [0.5, 0.6) is 0 Å². The number of hydrogen-bond donors (Lipinski definition) is 5. The quantitative estimate of drug-likeness (QED) is 0.0917. The molecule has 1 saturated heterocycles. The van der Waals surface area contributed by atoms with Gasteiger partial charge in [0, 0.05) is 36.6 Å². The topological polar surface area (TPSA) is 177 Å². The van der Waals surface area contributed by atoms with Crippen LogP contribution in [0.15, 0.2) is 97.2 Å². The maximum atomic E-state index is 14.6. The van der Waals surface area contributed by atoms with Crippen molar-refractivity contribution >= 4 is 23.9 Å². The smallest absolute Gasteiger partial charge is 0.405 e. The Morgan fingerprint density at radius 2 is 1.44 bits per heavy atom. The highest BCUT2D eigenvalue weighted by atomic mass is 16.4. The van der Waals surface area contributed by atoms with Gasteiger partial charge >= 0.3 is 12.1 Å². The molecule has 5 unspecified atom stereocenters. The summed E-state index contributed by atoms with van der Waals surface area (Å²) in [6.07, 6.45) is -0.170. The first kappa shape index (κ1) is 44.3. The number of nitrogens with zero attached hydrogens (tertiary/aromatic N) is 4. The molecule has 1 aliphatic rings. The van der Waals surface area contributed by atoms with E-state index in [4.69, 9.17) is 0 Å². The largest absolute Gasteiger partial charge is 0.465 e. The summed E-state index contributed by atoms with van der Waals surface area (Å²) in [5.41, 5.74) is 3.66. The van der Waals surface area contributed by atoms with Crippen LogP contribution in [-0.4, -0.2) is 97.3 Å². The van der Waals surface area contributed by atoms with Crippen LogP contribution in [0.2, 0.25) is 0 Å². The van der Waals surface area contributed by atoms with E-state index in [1.807, 2.05) is 119 Å². The minimum Gasteiger partial charge on any atom is -0.465 e. The van der Waals surface area contributed by atoms with Gasteiger partial charge < -0.3 is 36.0 Å². The number of carboxylic acid groups (broad SMARTS) is 1. The van der Waals surface area contributed by atoms with Gasteiger partial charge in [-0.1, -0.05) is 108 Å². The van der Waals surface area contributed by atoms with Crippen molar-refractivity contribution in [3.8, 4) is 11.3 Å². The molecule has 314 valence electrons. The summed E-state index contributed by atoms with van der Waals surface area (Å²) in [5, 5.41) is 30.3. The lowest BCUT2D eigenvalue weighted by atomic mass is 9.84. The monoisotopic (exact) mass is 805 g/mol. The summed E-state index contributed by atoms with van der Waals surface area (Å²) < 4.78 is 0. The molecule has 0 aliphatic carbocycles. The molecule has 0 bridgehead atoms. The molecule has 5 atom stereocenters. The molecular weight excluding hydrogens is 747 g/mol. The zero-order chi connectivity index (χ0) is 42.9. The first-order valence-corrected chi connectivity index (χ1v) is 20.2. The van der Waals surface area contributed by atoms with E-state index >= 15 is 0 Å². The van der Waals surface area contributed by atoms with Gasteiger partial charge in [0.2, 0.25) is 11.8 Å². The Hall–Kier alpha value is -5.82. The number of aryl methyl sites for hydroxylation is 1. The van der Waals surface area contributed by atoms with Crippen LogP contribution < -0.4 is 16.0 Å². The normalized spacial score (nSPS) is 15.8. The fourth-order valence-electron chi connectivity index (χ4n) is 7.65. The average molecular weight is 806 g/mol. The number of urea groups is 1. The van der Waals surface area contributed by atoms with Crippen molar-refractivity contribution in [2.24, 2.45) is 10.8 Å². The van der Waals surface area contributed by atoms with Gasteiger partial charge in [-0.15, -0.1) is 0 Å². The number of aliphatic hydroxyl groups excluding tert-OH is 1. The molecule has 4 aromatic rings. The number of rotatable bonds is 16. The molecule has 13 nitrogen and oxygen atoms in total. The van der Waals surface area contributed by atoms with Gasteiger partial charge in [0.1, 0.15) is 12.1 Å². The molecule has 0 radical (unpaired) electrons. The average Bonchev–Trinajstić information content (AvgIpc) is 3.51. The minimum atomic E-state index is -1.33. The van der Waals surface area contributed by atoms with Crippen LogP contribution in [0, 0.1) is 17.8 Å². The zero-order valence-corrected chi connectivity index (χ0v) is 35.2. The summed E-state index contributed by atoms with van der Waals surface area (Å²) >= 11 is 0. The Balaban J connectivity index is 1.41. The maximum absolute atomic E-state index is 14.6. The molecule has 0 saturated carbocycles. The van der Waals surface area contributed by atoms with Crippen molar-refractivity contribution < 1.29 is 29.4 Å². The van der Waals surface area contributed by atoms with Crippen LogP contribution in [0.3, 0.4) is 0 Å². The maximum Gasteiger partial charge on any atom is 0.405 e. The zero-order valence-electron chi connectivity index (χ0n) is 35.2. The number of aromatic nitrogens is 2. The predicted molar refractivity (Wildman–Crippen MR) is 227 cm³/mol. The highest BCUT2D eigenvalue weighted by Gasteiger charge is 2.44. The van der Waals surface area contributed by atoms with Crippen LogP contribution in [-0.2, 0) is 29.0 Å². The summed E-state index contributed by atoms with van der Waals surface area (Å²) in [4.78, 5) is 66.4. The van der Waals surface area contributed by atoms with Crippen LogP contribution in [0.25, 0.3) is 11.3 Å². The summed E-state index contributed by atoms with van der Waals surface area (Å²) in [5.74, 6) is -0.929. The number of carbonyl (C=O) groups excluding carboxylic acids is 3. The second-order valence-corrected chi connectivity index (χ2v) is 17.6. The second-order valence-electron chi connectivity index (χ2n) is 17.6. The summed E-state index contributed by atoms with van der Waals surface area (Å²) in [7, 11) is 0. The van der Waals surface area contributed by atoms with E-state index in [-0.39, 0.29) is 18.9 Å². The molecule has 5 rings (SSSR count). The van der Waals surface area contributed by atoms with Crippen molar-refractivity contribution in [1.29, 1.82) is 0 Å². The van der Waals surface area contributed by atoms with Crippen molar-refractivity contribution in [1.82, 2.24) is 35.7 Å². The van der Waals surface area contributed by atoms with Crippen LogP contribution >= 0.6 is 0 Å². The van der Waals surface area contributed by atoms with Crippen molar-refractivity contribution in [3.05, 3.63) is 120 Å². The molecule has 1 fully saturated rings. The Labute approximate surface area is 347 Å². The fourth-order valence-corrected chi connectivity index (χ4v) is 7.65. The standard InChI is InChI=1S/C46H59N7O6/c1-30-14-13-17-34(48-30)29-52-24-25-53(44(52)59)40(46(5,6)7)42(56)50-37(27-31-15-9-8-10-16-31)38(54)28-35(49-41(55)39(45(2,3)4)51-43(57)58)26-32-19-21-33(22-20-32)36-18-11-12-23-47-36/h8-23,35,37-40,51,54H,24-29H2,1-7H3,(H,49,55)(H,50,56)(H,57,58). The lowest BCUT2D eigenvalue weighted by molar-refractivity contribution is -0.131. The van der Waals surface area contributed by atoms with E-state index in [2.05, 4.69) is 25.9 Å². The highest BCUT2D eigenvalue weighted by molar-refractivity contribution is 5.89. The molecule has 3 heterocycles. The summed E-state index contributed by atoms with van der Waals surface area (Å²) in [6, 6.07) is 24.9. The molecule has 13 heteroatoms. The number of amides is 5. The first-order chi connectivity index (χ1) is 27.9. The lowest BCUT2D eigenvalue weighted by Gasteiger charge is -2.38. The number of hydrogen-bond acceptors (Lipinski definition) is 7. The Bertz CT molecular complexity index is 2030. The molecular formula is C46H59N7O6. The Kier molecular flexibility index (Phi) is 14.5. The number of aliphatic hydroxyl groups is 1. The van der Waals surface area contributed by atoms with E-state index in [1.54, 1.807) is 36.8 Å². The first-order valence-electron chi connectivity index (χ1n) is 20.2. The van der Waals surface area contributed by atoms with E-state index in [1.165, 1.54) is 0 Å². The van der Waals surface area contributed by atoms with Crippen molar-refractivity contribution in [2.45, 2.75) is 105 Å². The van der Waals surface area contributed by atoms with Gasteiger partial charge in [0.25, 0.3) is 0 Å². The highest BCUT2D eigenvalue weighted by Crippen LogP contribution is 2.29. The van der Waals surface area contributed by atoms with Crippen LogP contribution in [0.1, 0.15) is 70.5 Å². The molecule has 5 N–H and O–H groups in total. The lowest BCUT2D eigenvalue weighted by Crippen LogP contribution is -2.59. The Morgan fingerprint density at radius 3 is 2.05 bits per heavy atom. The van der Waals surface area contributed by atoms with Crippen LogP contribution in [0.4, 0.5) is 9.59 Å². The number of carbonyl (C=O) groups is 4. The number of pyridine rings is 2. The predicted octanol–water partition coefficient (Wildman–Crippen LogP) is 5.99. The molecule has 0 spiro atoms. The molecule has 5 amide bonds. The van der Waals surface area contributed by atoms with Gasteiger partial charge in [-0.25, -0.2) is 9.59 Å². The molecule has 2 aromatic carbocycles. The number of benzene rings is 2. The summed E-state index contributed by atoms with van der Waals surface area (Å²) in [6.45, 7) is 14.1. The second kappa shape index (κ2) is 19.3. The molecule has 1 aliphatic heterocycles. The third-order valence-corrected chi connectivity index (χ3v) is 10.6. The van der Waals surface area contributed by atoms with Gasteiger partial charge in [-0.3, -0.25) is 19.6 Å². The van der Waals surface area contributed by atoms with Crippen molar-refractivity contribution in [2.75, 3.05) is 13.1 Å². The van der Waals surface area contributed by atoms with E-state index < -0.39 is 59.0 Å². The third kappa shape index (κ3) is 12.3. The SMILES string of the molecule is Cc1cccc(CN2CCN(C(C(=O)NC(Cc3ccccc3)C(O)CC(Cc3ccc(-c4ccccn4)cc3)NC(=O)C(NC(=O)O)C(C)(C)C)C(C)(C)C)C2=O)n1. The van der Waals surface area contributed by atoms with E-state index in [0.29, 0.717) is 26.1 Å². The van der Waals surface area contributed by atoms with Gasteiger partial charge in [0.15, 0.2) is 0 Å². The van der Waals surface area contributed by atoms with E-state index in [0.717, 1.165) is 33.8 Å².